The summed E-state index contributed by atoms with van der Waals surface area (Å²) in [4.78, 5) is 43.3. The molecule has 1 aliphatic heterocycles. The Labute approximate surface area is 257 Å². The first-order valence-electron chi connectivity index (χ1n) is 14.9. The van der Waals surface area contributed by atoms with Gasteiger partial charge in [0.2, 0.25) is 0 Å². The number of rotatable bonds is 7. The number of ketones is 2. The normalized spacial score (nSPS) is 19.9. The number of nitrogens with zero attached hydrogens (tertiary/aromatic N) is 1. The molecule has 0 atom stereocenters. The SMILES string of the molecule is CCCN1C2=C(C(=O)CC(C)(C)C2)C(c2cc(Br)ccc2OCC(=O)Nc2cccc(C)c2)C2=C1CC(C)(C)CC2=O. The molecule has 7 heteroatoms. The second-order valence-electron chi connectivity index (χ2n) is 13.6. The molecule has 0 bridgehead atoms. The van der Waals surface area contributed by atoms with E-state index in [2.05, 4.69) is 60.8 Å². The van der Waals surface area contributed by atoms with Crippen LogP contribution in [0.1, 0.15) is 83.8 Å². The number of carbonyl (C=O) groups excluding carboxylic acids is 3. The first kappa shape index (κ1) is 30.3. The second-order valence-corrected chi connectivity index (χ2v) is 14.5. The maximum absolute atomic E-state index is 14.0. The van der Waals surface area contributed by atoms with Crippen molar-refractivity contribution in [1.29, 1.82) is 0 Å². The van der Waals surface area contributed by atoms with Gasteiger partial charge in [0.25, 0.3) is 5.91 Å². The Balaban J connectivity index is 1.60. The highest BCUT2D eigenvalue weighted by Gasteiger charge is 2.49. The van der Waals surface area contributed by atoms with Crippen molar-refractivity contribution in [2.75, 3.05) is 18.5 Å². The number of hydrogen-bond acceptors (Lipinski definition) is 5. The van der Waals surface area contributed by atoms with Gasteiger partial charge < -0.3 is 15.0 Å². The Bertz CT molecular complexity index is 1460. The van der Waals surface area contributed by atoms with Crippen molar-refractivity contribution >= 4 is 39.1 Å². The van der Waals surface area contributed by atoms with E-state index < -0.39 is 5.92 Å². The van der Waals surface area contributed by atoms with Crippen LogP contribution in [0.3, 0.4) is 0 Å². The standard InChI is InChI=1S/C35H41BrN2O4/c1-7-13-38-25-16-34(3,4)18-27(39)32(25)31(33-26(38)17-35(5,6)19-28(33)40)24-15-22(36)11-12-29(24)42-20-30(41)37-23-10-8-9-21(2)14-23/h8-12,14-15,31H,7,13,16-20H2,1-6H3,(H,37,41). The van der Waals surface area contributed by atoms with Crippen LogP contribution in [-0.4, -0.2) is 35.5 Å². The molecule has 5 rings (SSSR count). The summed E-state index contributed by atoms with van der Waals surface area (Å²) in [6.45, 7) is 13.3. The summed E-state index contributed by atoms with van der Waals surface area (Å²) in [6.07, 6.45) is 3.28. The van der Waals surface area contributed by atoms with Crippen LogP contribution in [0.15, 0.2) is 69.5 Å². The highest BCUT2D eigenvalue weighted by molar-refractivity contribution is 9.10. The lowest BCUT2D eigenvalue weighted by molar-refractivity contribution is -0.120. The molecule has 6 nitrogen and oxygen atoms in total. The number of amides is 1. The van der Waals surface area contributed by atoms with Gasteiger partial charge in [0.05, 0.1) is 0 Å². The van der Waals surface area contributed by atoms with Gasteiger partial charge in [-0.2, -0.15) is 0 Å². The van der Waals surface area contributed by atoms with E-state index in [9.17, 15) is 14.4 Å². The van der Waals surface area contributed by atoms with Gasteiger partial charge in [-0.15, -0.1) is 0 Å². The predicted octanol–water partition coefficient (Wildman–Crippen LogP) is 7.87. The van der Waals surface area contributed by atoms with Crippen molar-refractivity contribution < 1.29 is 19.1 Å². The number of allylic oxidation sites excluding steroid dienone is 4. The minimum atomic E-state index is -0.539. The Kier molecular flexibility index (Phi) is 8.27. The van der Waals surface area contributed by atoms with E-state index >= 15 is 0 Å². The van der Waals surface area contributed by atoms with E-state index in [4.69, 9.17) is 4.74 Å². The fraction of sp³-hybridized carbons (Fsp3) is 0.457. The zero-order valence-corrected chi connectivity index (χ0v) is 27.1. The van der Waals surface area contributed by atoms with E-state index in [0.29, 0.717) is 35.4 Å². The molecule has 1 N–H and O–H groups in total. The summed E-state index contributed by atoms with van der Waals surface area (Å²) in [7, 11) is 0. The molecule has 222 valence electrons. The number of halogens is 1. The fourth-order valence-corrected chi connectivity index (χ4v) is 7.17. The highest BCUT2D eigenvalue weighted by Crippen LogP contribution is 2.55. The fourth-order valence-electron chi connectivity index (χ4n) is 6.79. The largest absolute Gasteiger partial charge is 0.483 e. The summed E-state index contributed by atoms with van der Waals surface area (Å²) in [5.41, 5.74) is 5.64. The Morgan fingerprint density at radius 2 is 1.57 bits per heavy atom. The van der Waals surface area contributed by atoms with Crippen LogP contribution < -0.4 is 10.1 Å². The van der Waals surface area contributed by atoms with Gasteiger partial charge in [0.15, 0.2) is 18.2 Å². The molecule has 2 aliphatic carbocycles. The Hall–Kier alpha value is -3.19. The van der Waals surface area contributed by atoms with Crippen LogP contribution in [0.4, 0.5) is 5.69 Å². The summed E-state index contributed by atoms with van der Waals surface area (Å²) < 4.78 is 7.00. The van der Waals surface area contributed by atoms with Gasteiger partial charge >= 0.3 is 0 Å². The average molecular weight is 634 g/mol. The first-order chi connectivity index (χ1) is 19.8. The van der Waals surface area contributed by atoms with Crippen LogP contribution in [-0.2, 0) is 14.4 Å². The summed E-state index contributed by atoms with van der Waals surface area (Å²) in [6, 6.07) is 13.3. The number of carbonyl (C=O) groups is 3. The van der Waals surface area contributed by atoms with Crippen LogP contribution in [0.5, 0.6) is 5.75 Å². The Morgan fingerprint density at radius 1 is 0.952 bits per heavy atom. The smallest absolute Gasteiger partial charge is 0.262 e. The van der Waals surface area contributed by atoms with Crippen molar-refractivity contribution in [2.24, 2.45) is 10.8 Å². The van der Waals surface area contributed by atoms with Crippen LogP contribution in [0, 0.1) is 17.8 Å². The molecule has 1 heterocycles. The van der Waals surface area contributed by atoms with Crippen molar-refractivity contribution in [2.45, 2.75) is 79.6 Å². The number of anilines is 1. The predicted molar refractivity (Wildman–Crippen MR) is 169 cm³/mol. The van der Waals surface area contributed by atoms with Crippen molar-refractivity contribution in [3.05, 3.63) is 80.6 Å². The second kappa shape index (κ2) is 11.5. The van der Waals surface area contributed by atoms with E-state index in [0.717, 1.165) is 52.8 Å². The highest BCUT2D eigenvalue weighted by atomic mass is 79.9. The van der Waals surface area contributed by atoms with Gasteiger partial charge in [0, 0.05) is 63.6 Å². The molecule has 2 aromatic rings. The van der Waals surface area contributed by atoms with Gasteiger partial charge in [-0.1, -0.05) is 62.7 Å². The van der Waals surface area contributed by atoms with Crippen LogP contribution in [0.25, 0.3) is 0 Å². The summed E-state index contributed by atoms with van der Waals surface area (Å²) in [5, 5.41) is 2.90. The molecular weight excluding hydrogens is 592 g/mol. The number of nitrogens with one attached hydrogen (secondary N) is 1. The number of Topliss-reactive ketones (excluding diaryl/α,β-unsaturated/α-hetero) is 2. The molecule has 3 aliphatic rings. The quantitative estimate of drug-likeness (QED) is 0.336. The third kappa shape index (κ3) is 6.12. The van der Waals surface area contributed by atoms with E-state index in [1.54, 1.807) is 0 Å². The molecule has 0 radical (unpaired) electrons. The van der Waals surface area contributed by atoms with E-state index in [-0.39, 0.29) is 34.9 Å². The van der Waals surface area contributed by atoms with Gasteiger partial charge in [-0.3, -0.25) is 14.4 Å². The maximum Gasteiger partial charge on any atom is 0.262 e. The van der Waals surface area contributed by atoms with Gasteiger partial charge in [0.1, 0.15) is 5.75 Å². The lowest BCUT2D eigenvalue weighted by atomic mass is 9.63. The minimum Gasteiger partial charge on any atom is -0.483 e. The average Bonchev–Trinajstić information content (AvgIpc) is 2.87. The molecule has 0 aromatic heterocycles. The number of ether oxygens (including phenoxy) is 1. The van der Waals surface area contributed by atoms with E-state index in [1.807, 2.05) is 49.4 Å². The zero-order chi connectivity index (χ0) is 30.4. The topological polar surface area (TPSA) is 75.7 Å². The summed E-state index contributed by atoms with van der Waals surface area (Å²) >= 11 is 3.63. The lowest BCUT2D eigenvalue weighted by Crippen LogP contribution is -2.44. The number of benzene rings is 2. The third-order valence-corrected chi connectivity index (χ3v) is 8.91. The Morgan fingerprint density at radius 3 is 2.14 bits per heavy atom. The van der Waals surface area contributed by atoms with Gasteiger partial charge in [-0.05, 0) is 72.9 Å². The molecule has 42 heavy (non-hydrogen) atoms. The minimum absolute atomic E-state index is 0.0830. The molecule has 0 spiro atoms. The van der Waals surface area contributed by atoms with E-state index in [1.165, 1.54) is 0 Å². The van der Waals surface area contributed by atoms with Crippen molar-refractivity contribution in [3.63, 3.8) is 0 Å². The number of hydrogen-bond donors (Lipinski definition) is 1. The zero-order valence-electron chi connectivity index (χ0n) is 25.5. The van der Waals surface area contributed by atoms with Crippen LogP contribution >= 0.6 is 15.9 Å². The molecular formula is C35H41BrN2O4. The first-order valence-corrected chi connectivity index (χ1v) is 15.7. The maximum atomic E-state index is 14.0. The molecule has 0 saturated carbocycles. The molecule has 0 unspecified atom stereocenters. The molecule has 0 fully saturated rings. The molecule has 0 saturated heterocycles. The number of aryl methyl sites for hydroxylation is 1. The summed E-state index contributed by atoms with van der Waals surface area (Å²) in [5.74, 6) is -0.152. The molecule has 2 aromatic carbocycles. The lowest BCUT2D eigenvalue weighted by Gasteiger charge is -2.49. The van der Waals surface area contributed by atoms with Crippen molar-refractivity contribution in [3.8, 4) is 5.75 Å². The monoisotopic (exact) mass is 632 g/mol. The van der Waals surface area contributed by atoms with Crippen LogP contribution in [0.2, 0.25) is 0 Å². The third-order valence-electron chi connectivity index (χ3n) is 8.41. The van der Waals surface area contributed by atoms with Crippen molar-refractivity contribution in [1.82, 2.24) is 4.90 Å². The molecule has 1 amide bonds. The van der Waals surface area contributed by atoms with Gasteiger partial charge in [-0.25, -0.2) is 0 Å².